The summed E-state index contributed by atoms with van der Waals surface area (Å²) in [5, 5.41) is 6.14. The Morgan fingerprint density at radius 3 is 2.36 bits per heavy atom. The summed E-state index contributed by atoms with van der Waals surface area (Å²) in [6.45, 7) is 0.910. The summed E-state index contributed by atoms with van der Waals surface area (Å²) in [5.74, 6) is 2.37. The molecule has 0 atom stereocenters. The number of nitrogens with zero attached hydrogens (tertiary/aromatic N) is 4. The van der Waals surface area contributed by atoms with Crippen LogP contribution in [0.3, 0.4) is 0 Å². The molecule has 1 spiro atoms. The van der Waals surface area contributed by atoms with Gasteiger partial charge in [-0.1, -0.05) is 6.07 Å². The Morgan fingerprint density at radius 2 is 1.73 bits per heavy atom. The molecule has 1 saturated carbocycles. The van der Waals surface area contributed by atoms with Crippen LogP contribution in [0.4, 0.5) is 23.3 Å². The number of anilines is 4. The molecule has 5 rings (SSSR count). The van der Waals surface area contributed by atoms with Gasteiger partial charge in [-0.3, -0.25) is 0 Å². The van der Waals surface area contributed by atoms with Crippen LogP contribution in [0.25, 0.3) is 0 Å². The number of hydrogen-bond donors (Lipinski definition) is 2. The lowest BCUT2D eigenvalue weighted by Gasteiger charge is -2.46. The summed E-state index contributed by atoms with van der Waals surface area (Å²) in [6.07, 6.45) is 11.7. The summed E-state index contributed by atoms with van der Waals surface area (Å²) >= 11 is 0. The quantitative estimate of drug-likeness (QED) is 0.556. The van der Waals surface area contributed by atoms with Crippen molar-refractivity contribution >= 4 is 33.1 Å². The van der Waals surface area contributed by atoms with Crippen molar-refractivity contribution in [1.29, 1.82) is 0 Å². The van der Waals surface area contributed by atoms with Crippen molar-refractivity contribution in [2.75, 3.05) is 23.5 Å². The van der Waals surface area contributed by atoms with E-state index < -0.39 is 9.84 Å². The number of hydrogen-bond acceptors (Lipinski definition) is 9. The van der Waals surface area contributed by atoms with Crippen molar-refractivity contribution in [2.24, 2.45) is 0 Å². The van der Waals surface area contributed by atoms with Crippen LogP contribution in [0.1, 0.15) is 43.6 Å². The fourth-order valence-electron chi connectivity index (χ4n) is 4.51. The Hall–Kier alpha value is -3.11. The molecule has 0 bridgehead atoms. The SMILES string of the molecule is CS(=O)(=O)c1cccnc1Nc1cc(Nc2ccc(C3CCC4(CCO4)CC3)cn2)ncn1. The van der Waals surface area contributed by atoms with E-state index in [0.717, 1.165) is 38.5 Å². The van der Waals surface area contributed by atoms with E-state index >= 15 is 0 Å². The van der Waals surface area contributed by atoms with Crippen molar-refractivity contribution in [3.8, 4) is 0 Å². The first-order chi connectivity index (χ1) is 15.9. The maximum absolute atomic E-state index is 12.0. The predicted octanol–water partition coefficient (Wildman–Crippen LogP) is 3.97. The zero-order chi connectivity index (χ0) is 22.9. The van der Waals surface area contributed by atoms with E-state index in [1.54, 1.807) is 12.1 Å². The third-order valence-corrected chi connectivity index (χ3v) is 7.59. The number of ether oxygens (including phenoxy) is 1. The Balaban J connectivity index is 1.25. The van der Waals surface area contributed by atoms with Gasteiger partial charge in [-0.05, 0) is 61.8 Å². The first-order valence-corrected chi connectivity index (χ1v) is 12.9. The molecule has 2 fully saturated rings. The Kier molecular flexibility index (Phi) is 5.71. The molecular weight excluding hydrogens is 440 g/mol. The van der Waals surface area contributed by atoms with E-state index in [-0.39, 0.29) is 16.3 Å². The van der Waals surface area contributed by atoms with Gasteiger partial charge in [-0.25, -0.2) is 28.4 Å². The first-order valence-electron chi connectivity index (χ1n) is 11.0. The normalized spacial score (nSPS) is 22.5. The van der Waals surface area contributed by atoms with Gasteiger partial charge in [0.05, 0.1) is 12.2 Å². The molecule has 4 heterocycles. The summed E-state index contributed by atoms with van der Waals surface area (Å²) in [5.41, 5.74) is 1.42. The Bertz CT molecular complexity index is 1240. The van der Waals surface area contributed by atoms with Crippen molar-refractivity contribution in [1.82, 2.24) is 19.9 Å². The molecule has 0 amide bonds. The van der Waals surface area contributed by atoms with Gasteiger partial charge in [-0.2, -0.15) is 0 Å². The lowest BCUT2D eigenvalue weighted by atomic mass is 9.73. The average molecular weight is 467 g/mol. The average Bonchev–Trinajstić information content (AvgIpc) is 2.79. The molecule has 33 heavy (non-hydrogen) atoms. The molecular formula is C23H26N6O3S. The van der Waals surface area contributed by atoms with E-state index in [9.17, 15) is 8.42 Å². The molecule has 2 N–H and O–H groups in total. The van der Waals surface area contributed by atoms with Gasteiger partial charge >= 0.3 is 0 Å². The van der Waals surface area contributed by atoms with Crippen LogP contribution in [-0.4, -0.2) is 46.8 Å². The van der Waals surface area contributed by atoms with Crippen molar-refractivity contribution in [2.45, 2.75) is 48.5 Å². The maximum atomic E-state index is 12.0. The number of aromatic nitrogens is 4. The number of sulfone groups is 1. The van der Waals surface area contributed by atoms with Crippen LogP contribution in [-0.2, 0) is 14.6 Å². The molecule has 9 nitrogen and oxygen atoms in total. The van der Waals surface area contributed by atoms with Gasteiger partial charge in [0, 0.05) is 24.7 Å². The van der Waals surface area contributed by atoms with Crippen molar-refractivity contribution in [3.05, 3.63) is 54.6 Å². The van der Waals surface area contributed by atoms with Gasteiger partial charge in [0.2, 0.25) is 0 Å². The maximum Gasteiger partial charge on any atom is 0.179 e. The minimum absolute atomic E-state index is 0.105. The fourth-order valence-corrected chi connectivity index (χ4v) is 5.29. The zero-order valence-corrected chi connectivity index (χ0v) is 19.2. The summed E-state index contributed by atoms with van der Waals surface area (Å²) in [7, 11) is -3.43. The minimum Gasteiger partial charge on any atom is -0.375 e. The molecule has 2 aliphatic rings. The molecule has 10 heteroatoms. The highest BCUT2D eigenvalue weighted by molar-refractivity contribution is 7.90. The Morgan fingerprint density at radius 1 is 0.970 bits per heavy atom. The molecule has 0 unspecified atom stereocenters. The minimum atomic E-state index is -3.43. The van der Waals surface area contributed by atoms with Crippen LogP contribution in [0.2, 0.25) is 0 Å². The topological polar surface area (TPSA) is 119 Å². The summed E-state index contributed by atoms with van der Waals surface area (Å²) in [6, 6.07) is 8.83. The number of pyridine rings is 2. The van der Waals surface area contributed by atoms with E-state index in [4.69, 9.17) is 4.74 Å². The van der Waals surface area contributed by atoms with Gasteiger partial charge in [0.15, 0.2) is 9.84 Å². The molecule has 1 aliphatic carbocycles. The lowest BCUT2D eigenvalue weighted by molar-refractivity contribution is -0.166. The highest BCUT2D eigenvalue weighted by atomic mass is 32.2. The highest BCUT2D eigenvalue weighted by Gasteiger charge is 2.41. The second-order valence-corrected chi connectivity index (χ2v) is 10.7. The fraction of sp³-hybridized carbons (Fsp3) is 0.391. The molecule has 1 saturated heterocycles. The van der Waals surface area contributed by atoms with E-state index in [1.165, 1.54) is 30.6 Å². The van der Waals surface area contributed by atoms with Crippen LogP contribution < -0.4 is 10.6 Å². The van der Waals surface area contributed by atoms with Gasteiger partial charge in [0.1, 0.15) is 34.5 Å². The van der Waals surface area contributed by atoms with E-state index in [1.807, 2.05) is 12.3 Å². The third-order valence-electron chi connectivity index (χ3n) is 6.46. The second-order valence-electron chi connectivity index (χ2n) is 8.69. The van der Waals surface area contributed by atoms with Gasteiger partial charge < -0.3 is 15.4 Å². The first kappa shape index (κ1) is 21.7. The van der Waals surface area contributed by atoms with Gasteiger partial charge in [0.25, 0.3) is 0 Å². The third kappa shape index (κ3) is 4.81. The van der Waals surface area contributed by atoms with Crippen molar-refractivity contribution < 1.29 is 13.2 Å². The molecule has 3 aromatic heterocycles. The molecule has 0 radical (unpaired) electrons. The number of nitrogens with one attached hydrogen (secondary N) is 2. The van der Waals surface area contributed by atoms with Crippen LogP contribution in [0.15, 0.2) is 53.9 Å². The van der Waals surface area contributed by atoms with Crippen LogP contribution in [0.5, 0.6) is 0 Å². The molecule has 3 aromatic rings. The summed E-state index contributed by atoms with van der Waals surface area (Å²) < 4.78 is 29.8. The van der Waals surface area contributed by atoms with Crippen molar-refractivity contribution in [3.63, 3.8) is 0 Å². The standard InChI is InChI=1S/C23H26N6O3S/c1-33(30,31)18-3-2-11-24-22(18)29-21-13-20(26-15-27-21)28-19-5-4-17(14-25-19)16-6-8-23(9-7-16)10-12-32-23/h2-5,11,13-16H,6-10,12H2,1H3,(H2,24,25,26,27,28,29). The highest BCUT2D eigenvalue weighted by Crippen LogP contribution is 2.45. The summed E-state index contributed by atoms with van der Waals surface area (Å²) in [4.78, 5) is 17.2. The monoisotopic (exact) mass is 466 g/mol. The predicted molar refractivity (Wildman–Crippen MR) is 125 cm³/mol. The van der Waals surface area contributed by atoms with Crippen LogP contribution >= 0.6 is 0 Å². The Labute approximate surface area is 193 Å². The smallest absolute Gasteiger partial charge is 0.179 e. The molecule has 172 valence electrons. The second kappa shape index (κ2) is 8.68. The van der Waals surface area contributed by atoms with Gasteiger partial charge in [-0.15, -0.1) is 0 Å². The van der Waals surface area contributed by atoms with E-state index in [0.29, 0.717) is 23.4 Å². The molecule has 1 aliphatic heterocycles. The zero-order valence-electron chi connectivity index (χ0n) is 18.4. The largest absolute Gasteiger partial charge is 0.375 e. The van der Waals surface area contributed by atoms with E-state index in [2.05, 4.69) is 36.6 Å². The lowest BCUT2D eigenvalue weighted by Crippen LogP contribution is -2.46. The molecule has 0 aromatic carbocycles. The number of rotatable bonds is 6. The van der Waals surface area contributed by atoms with Crippen LogP contribution in [0, 0.1) is 0 Å².